The maximum atomic E-state index is 15.0. The lowest BCUT2D eigenvalue weighted by Crippen LogP contribution is -2.48. The minimum absolute atomic E-state index is 0.0368. The van der Waals surface area contributed by atoms with Crippen molar-refractivity contribution < 1.29 is 35.9 Å². The molecule has 1 amide bonds. The summed E-state index contributed by atoms with van der Waals surface area (Å²) in [6.45, 7) is -0.0341. The fourth-order valence-corrected chi connectivity index (χ4v) is 5.65. The molecule has 0 unspecified atom stereocenters. The molecule has 0 aliphatic carbocycles. The van der Waals surface area contributed by atoms with Crippen molar-refractivity contribution in [3.8, 4) is 0 Å². The molecule has 0 bridgehead atoms. The second-order valence-corrected chi connectivity index (χ2v) is 12.0. The third-order valence-corrected chi connectivity index (χ3v) is 7.84. The summed E-state index contributed by atoms with van der Waals surface area (Å²) in [6, 6.07) is 24.1. The molecule has 0 aliphatic rings. The average molecular weight is 630 g/mol. The zero-order valence-corrected chi connectivity index (χ0v) is 24.4. The molecule has 44 heavy (non-hydrogen) atoms. The van der Waals surface area contributed by atoms with Gasteiger partial charge in [-0.1, -0.05) is 66.7 Å². The normalized spacial score (nSPS) is 13.2. The van der Waals surface area contributed by atoms with Gasteiger partial charge in [0, 0.05) is 18.7 Å². The number of halogens is 4. The molecule has 0 spiro atoms. The Hall–Kier alpha value is -4.26. The number of amides is 1. The third kappa shape index (κ3) is 8.65. The Morgan fingerprint density at radius 2 is 1.52 bits per heavy atom. The number of hydrogen-bond donors (Lipinski definition) is 3. The smallest absolute Gasteiger partial charge is 0.390 e. The Balaban J connectivity index is 1.54. The number of aliphatic hydroxyl groups excluding tert-OH is 1. The zero-order chi connectivity index (χ0) is 31.9. The van der Waals surface area contributed by atoms with E-state index in [2.05, 4.69) is 10.6 Å². The quantitative estimate of drug-likeness (QED) is 0.182. The molecule has 7 nitrogen and oxygen atoms in total. The average Bonchev–Trinajstić information content (AvgIpc) is 2.98. The molecule has 3 N–H and O–H groups in total. The van der Waals surface area contributed by atoms with Crippen molar-refractivity contribution in [2.24, 2.45) is 0 Å². The van der Waals surface area contributed by atoms with Crippen LogP contribution in [0.2, 0.25) is 0 Å². The number of para-hydroxylation sites is 1. The summed E-state index contributed by atoms with van der Waals surface area (Å²) in [6.07, 6.45) is -4.54. The maximum absolute atomic E-state index is 15.0. The number of carbonyl (C=O) groups is 1. The lowest BCUT2D eigenvalue weighted by molar-refractivity contribution is -0.137. The van der Waals surface area contributed by atoms with E-state index in [0.29, 0.717) is 5.56 Å². The summed E-state index contributed by atoms with van der Waals surface area (Å²) in [4.78, 5) is 13.4. The van der Waals surface area contributed by atoms with E-state index in [1.165, 1.54) is 30.3 Å². The van der Waals surface area contributed by atoms with Crippen LogP contribution >= 0.6 is 0 Å². The van der Waals surface area contributed by atoms with E-state index in [0.717, 1.165) is 40.4 Å². The van der Waals surface area contributed by atoms with E-state index in [-0.39, 0.29) is 36.4 Å². The molecule has 0 fully saturated rings. The summed E-state index contributed by atoms with van der Waals surface area (Å²) in [5.74, 6) is -1.55. The van der Waals surface area contributed by atoms with Crippen LogP contribution in [0, 0.1) is 5.82 Å². The lowest BCUT2D eigenvalue weighted by Gasteiger charge is -2.26. The number of nitrogens with zero attached hydrogens (tertiary/aromatic N) is 1. The summed E-state index contributed by atoms with van der Waals surface area (Å²) in [5.41, 5.74) is 0.148. The second-order valence-electron chi connectivity index (χ2n) is 10.2. The Bertz CT molecular complexity index is 1670. The van der Waals surface area contributed by atoms with Crippen LogP contribution in [0.1, 0.15) is 27.0 Å². The van der Waals surface area contributed by atoms with Crippen molar-refractivity contribution in [2.75, 3.05) is 17.1 Å². The number of hydrogen-bond acceptors (Lipinski definition) is 5. The SMILES string of the molecule is CS(=O)(=O)N(c1ccccc1)c1cc(C(=O)N[C@@H](Cc2ccccc2)[C@H](O)CNCc2cccc(C(F)(F)F)c2)ccc1F. The van der Waals surface area contributed by atoms with Crippen molar-refractivity contribution >= 4 is 27.3 Å². The van der Waals surface area contributed by atoms with Gasteiger partial charge in [0.15, 0.2) is 0 Å². The molecule has 0 radical (unpaired) electrons. The Labute approximate surface area is 253 Å². The summed E-state index contributed by atoms with van der Waals surface area (Å²) >= 11 is 0. The highest BCUT2D eigenvalue weighted by atomic mass is 32.2. The first-order chi connectivity index (χ1) is 20.8. The fourth-order valence-electron chi connectivity index (χ4n) is 4.65. The maximum Gasteiger partial charge on any atom is 0.416 e. The molecule has 0 saturated carbocycles. The number of alkyl halides is 3. The van der Waals surface area contributed by atoms with Gasteiger partial charge in [-0.15, -0.1) is 0 Å². The molecular weight excluding hydrogens is 598 g/mol. The number of carbonyl (C=O) groups excluding carboxylic acids is 1. The number of nitrogens with one attached hydrogen (secondary N) is 2. The molecule has 12 heteroatoms. The molecule has 2 atom stereocenters. The van der Waals surface area contributed by atoms with Crippen molar-refractivity contribution in [3.05, 3.63) is 131 Å². The van der Waals surface area contributed by atoms with Gasteiger partial charge in [0.25, 0.3) is 5.91 Å². The Morgan fingerprint density at radius 1 is 0.886 bits per heavy atom. The van der Waals surface area contributed by atoms with Gasteiger partial charge in [-0.3, -0.25) is 4.79 Å². The second kappa shape index (κ2) is 14.0. The van der Waals surface area contributed by atoms with Gasteiger partial charge < -0.3 is 15.7 Å². The van der Waals surface area contributed by atoms with E-state index in [1.54, 1.807) is 30.3 Å². The lowest BCUT2D eigenvalue weighted by atomic mass is 10.00. The van der Waals surface area contributed by atoms with Gasteiger partial charge in [-0.25, -0.2) is 17.1 Å². The van der Waals surface area contributed by atoms with Gasteiger partial charge in [0.1, 0.15) is 5.82 Å². The highest BCUT2D eigenvalue weighted by molar-refractivity contribution is 7.92. The first-order valence-corrected chi connectivity index (χ1v) is 15.4. The van der Waals surface area contributed by atoms with Crippen LogP contribution in [-0.2, 0) is 29.2 Å². The Morgan fingerprint density at radius 3 is 2.16 bits per heavy atom. The molecule has 232 valence electrons. The molecular formula is C32H31F4N3O4S. The molecule has 4 aromatic rings. The van der Waals surface area contributed by atoms with Crippen LogP contribution in [0.25, 0.3) is 0 Å². The Kier molecular flexibility index (Phi) is 10.4. The van der Waals surface area contributed by atoms with Crippen LogP contribution in [0.5, 0.6) is 0 Å². The number of rotatable bonds is 12. The monoisotopic (exact) mass is 629 g/mol. The van der Waals surface area contributed by atoms with Crippen molar-refractivity contribution in [2.45, 2.75) is 31.3 Å². The molecule has 4 aromatic carbocycles. The molecule has 4 rings (SSSR count). The topological polar surface area (TPSA) is 98.7 Å². The van der Waals surface area contributed by atoms with Gasteiger partial charge in [0.05, 0.1) is 35.3 Å². The third-order valence-electron chi connectivity index (χ3n) is 6.77. The van der Waals surface area contributed by atoms with Crippen LogP contribution in [0.15, 0.2) is 103 Å². The molecule has 0 saturated heterocycles. The number of anilines is 2. The van der Waals surface area contributed by atoms with E-state index < -0.39 is 45.6 Å². The largest absolute Gasteiger partial charge is 0.416 e. The minimum Gasteiger partial charge on any atom is -0.390 e. The van der Waals surface area contributed by atoms with E-state index >= 15 is 0 Å². The highest BCUT2D eigenvalue weighted by Crippen LogP contribution is 2.32. The number of benzene rings is 4. The summed E-state index contributed by atoms with van der Waals surface area (Å²) < 4.78 is 80.4. The van der Waals surface area contributed by atoms with Crippen LogP contribution in [0.3, 0.4) is 0 Å². The van der Waals surface area contributed by atoms with Crippen LogP contribution in [0.4, 0.5) is 28.9 Å². The standard InChI is InChI=1S/C32H31F4N3O4S/c1-44(42,43)39(26-13-6-3-7-14-26)29-19-24(15-16-27(29)33)31(41)38-28(18-22-9-4-2-5-10-22)30(40)21-37-20-23-11-8-12-25(17-23)32(34,35)36/h2-17,19,28,30,37,40H,18,20-21H2,1H3,(H,38,41)/t28-,30+/m0/s1. The van der Waals surface area contributed by atoms with E-state index in [4.69, 9.17) is 0 Å². The van der Waals surface area contributed by atoms with E-state index in [9.17, 15) is 35.9 Å². The number of sulfonamides is 1. The van der Waals surface area contributed by atoms with Crippen molar-refractivity contribution in [3.63, 3.8) is 0 Å². The van der Waals surface area contributed by atoms with E-state index in [1.807, 2.05) is 18.2 Å². The molecule has 0 aliphatic heterocycles. The highest BCUT2D eigenvalue weighted by Gasteiger charge is 2.30. The number of aliphatic hydroxyl groups is 1. The minimum atomic E-state index is -4.49. The fraction of sp³-hybridized carbons (Fsp3) is 0.219. The predicted octanol–water partition coefficient (Wildman–Crippen LogP) is 5.43. The summed E-state index contributed by atoms with van der Waals surface area (Å²) in [5, 5.41) is 16.8. The van der Waals surface area contributed by atoms with Gasteiger partial charge >= 0.3 is 6.18 Å². The van der Waals surface area contributed by atoms with Crippen LogP contribution in [-0.4, -0.2) is 44.4 Å². The first kappa shape index (κ1) is 32.6. The van der Waals surface area contributed by atoms with Gasteiger partial charge in [0.2, 0.25) is 10.0 Å². The van der Waals surface area contributed by atoms with Crippen molar-refractivity contribution in [1.29, 1.82) is 0 Å². The summed E-state index contributed by atoms with van der Waals surface area (Å²) in [7, 11) is -4.01. The first-order valence-electron chi connectivity index (χ1n) is 13.6. The molecule has 0 aromatic heterocycles. The van der Waals surface area contributed by atoms with Gasteiger partial charge in [-0.2, -0.15) is 13.2 Å². The van der Waals surface area contributed by atoms with Gasteiger partial charge in [-0.05, 0) is 53.9 Å². The predicted molar refractivity (Wildman–Crippen MR) is 160 cm³/mol. The van der Waals surface area contributed by atoms with Crippen LogP contribution < -0.4 is 14.9 Å². The van der Waals surface area contributed by atoms with Crippen molar-refractivity contribution in [1.82, 2.24) is 10.6 Å². The zero-order valence-electron chi connectivity index (χ0n) is 23.6. The molecule has 0 heterocycles.